The van der Waals surface area contributed by atoms with Crippen molar-refractivity contribution >= 4 is 0 Å². The van der Waals surface area contributed by atoms with Gasteiger partial charge in [-0.15, -0.1) is 0 Å². The molecule has 3 aliphatic rings. The second-order valence-corrected chi connectivity index (χ2v) is 7.17. The van der Waals surface area contributed by atoms with Crippen molar-refractivity contribution in [2.45, 2.75) is 64.6 Å². The highest BCUT2D eigenvalue weighted by molar-refractivity contribution is 5.16. The largest absolute Gasteiger partial charge is 0.316 e. The summed E-state index contributed by atoms with van der Waals surface area (Å²) >= 11 is 0. The summed E-state index contributed by atoms with van der Waals surface area (Å²) in [6.45, 7) is 4.47. The first-order chi connectivity index (χ1) is 8.60. The van der Waals surface area contributed by atoms with E-state index in [2.05, 4.69) is 31.3 Å². The van der Waals surface area contributed by atoms with E-state index in [1.807, 2.05) is 0 Å². The van der Waals surface area contributed by atoms with E-state index in [1.165, 1.54) is 38.5 Å². The lowest BCUT2D eigenvalue weighted by atomic mass is 9.71. The van der Waals surface area contributed by atoms with E-state index in [0.717, 1.165) is 17.8 Å². The van der Waals surface area contributed by atoms with Gasteiger partial charge in [0, 0.05) is 6.04 Å². The van der Waals surface area contributed by atoms with Gasteiger partial charge in [-0.3, -0.25) is 5.32 Å². The van der Waals surface area contributed by atoms with Crippen LogP contribution in [0.25, 0.3) is 0 Å². The molecule has 0 aromatic carbocycles. The SMILES string of the molecule is CC1CC=CC(C23CCC(NC(C)N)CC2C3)C1. The molecule has 0 aromatic heterocycles. The van der Waals surface area contributed by atoms with E-state index in [9.17, 15) is 0 Å². The van der Waals surface area contributed by atoms with Gasteiger partial charge in [0.1, 0.15) is 0 Å². The zero-order valence-corrected chi connectivity index (χ0v) is 11.9. The Morgan fingerprint density at radius 1 is 1.39 bits per heavy atom. The fraction of sp³-hybridized carbons (Fsp3) is 0.875. The topological polar surface area (TPSA) is 38.0 Å². The van der Waals surface area contributed by atoms with Crippen LogP contribution in [-0.2, 0) is 0 Å². The number of nitrogens with one attached hydrogen (secondary N) is 1. The molecular weight excluding hydrogens is 220 g/mol. The smallest absolute Gasteiger partial charge is 0.0519 e. The van der Waals surface area contributed by atoms with Crippen LogP contribution in [0.5, 0.6) is 0 Å². The minimum atomic E-state index is 0.149. The van der Waals surface area contributed by atoms with E-state index >= 15 is 0 Å². The van der Waals surface area contributed by atoms with Crippen LogP contribution >= 0.6 is 0 Å². The highest BCUT2D eigenvalue weighted by Gasteiger charge is 2.59. The number of hydrogen-bond acceptors (Lipinski definition) is 2. The first-order valence-electron chi connectivity index (χ1n) is 7.78. The monoisotopic (exact) mass is 248 g/mol. The molecule has 2 fully saturated rings. The standard InChI is InChI=1S/C16H28N2/c1-11-4-3-5-13(8-11)16-7-6-15(18-12(2)17)9-14(16)10-16/h3,5,11-15,18H,4,6-10,17H2,1-2H3. The normalized spacial score (nSPS) is 48.6. The Morgan fingerprint density at radius 3 is 2.89 bits per heavy atom. The molecule has 6 unspecified atom stereocenters. The number of allylic oxidation sites excluding steroid dienone is 2. The molecular formula is C16H28N2. The van der Waals surface area contributed by atoms with Gasteiger partial charge in [0.25, 0.3) is 0 Å². The molecule has 0 spiro atoms. The molecule has 2 nitrogen and oxygen atoms in total. The predicted molar refractivity (Wildman–Crippen MR) is 76.0 cm³/mol. The minimum Gasteiger partial charge on any atom is -0.316 e. The van der Waals surface area contributed by atoms with Gasteiger partial charge in [-0.1, -0.05) is 19.1 Å². The fourth-order valence-corrected chi connectivity index (χ4v) is 4.60. The van der Waals surface area contributed by atoms with E-state index in [0.29, 0.717) is 11.5 Å². The molecule has 3 aliphatic carbocycles. The molecule has 0 heterocycles. The molecule has 0 radical (unpaired) electrons. The third-order valence-corrected chi connectivity index (χ3v) is 5.61. The molecule has 0 aliphatic heterocycles. The highest BCUT2D eigenvalue weighted by atomic mass is 15.0. The maximum atomic E-state index is 5.85. The Morgan fingerprint density at radius 2 is 2.22 bits per heavy atom. The van der Waals surface area contributed by atoms with Crippen molar-refractivity contribution in [1.29, 1.82) is 0 Å². The summed E-state index contributed by atoms with van der Waals surface area (Å²) in [5, 5.41) is 3.53. The third kappa shape index (κ3) is 2.25. The first kappa shape index (κ1) is 12.7. The fourth-order valence-electron chi connectivity index (χ4n) is 4.60. The first-order valence-corrected chi connectivity index (χ1v) is 7.78. The Bertz CT molecular complexity index is 336. The van der Waals surface area contributed by atoms with Crippen molar-refractivity contribution in [3.63, 3.8) is 0 Å². The Kier molecular flexibility index (Phi) is 3.27. The summed E-state index contributed by atoms with van der Waals surface area (Å²) < 4.78 is 0. The van der Waals surface area contributed by atoms with E-state index < -0.39 is 0 Å². The minimum absolute atomic E-state index is 0.149. The summed E-state index contributed by atoms with van der Waals surface area (Å²) in [6.07, 6.45) is 13.4. The van der Waals surface area contributed by atoms with Crippen molar-refractivity contribution in [1.82, 2.24) is 5.32 Å². The molecule has 2 heteroatoms. The maximum Gasteiger partial charge on any atom is 0.0519 e. The van der Waals surface area contributed by atoms with Gasteiger partial charge in [0.15, 0.2) is 0 Å². The molecule has 0 amide bonds. The van der Waals surface area contributed by atoms with Crippen LogP contribution in [0.3, 0.4) is 0 Å². The molecule has 0 saturated heterocycles. The lowest BCUT2D eigenvalue weighted by Crippen LogP contribution is -2.44. The number of hydrogen-bond donors (Lipinski definition) is 2. The zero-order chi connectivity index (χ0) is 12.8. The molecule has 2 saturated carbocycles. The Hall–Kier alpha value is -0.340. The summed E-state index contributed by atoms with van der Waals surface area (Å²) in [4.78, 5) is 0. The van der Waals surface area contributed by atoms with Crippen molar-refractivity contribution in [3.8, 4) is 0 Å². The van der Waals surface area contributed by atoms with Crippen LogP contribution in [0.2, 0.25) is 0 Å². The summed E-state index contributed by atoms with van der Waals surface area (Å²) in [6, 6.07) is 0.676. The quantitative estimate of drug-likeness (QED) is 0.595. The average molecular weight is 248 g/mol. The lowest BCUT2D eigenvalue weighted by molar-refractivity contribution is 0.193. The van der Waals surface area contributed by atoms with Crippen molar-refractivity contribution in [2.75, 3.05) is 0 Å². The molecule has 3 rings (SSSR count). The van der Waals surface area contributed by atoms with Crippen molar-refractivity contribution in [2.24, 2.45) is 28.9 Å². The van der Waals surface area contributed by atoms with E-state index in [1.54, 1.807) is 0 Å². The van der Waals surface area contributed by atoms with Crippen LogP contribution < -0.4 is 11.1 Å². The summed E-state index contributed by atoms with van der Waals surface area (Å²) in [5.41, 5.74) is 6.55. The van der Waals surface area contributed by atoms with Crippen LogP contribution in [0.4, 0.5) is 0 Å². The Balaban J connectivity index is 1.61. The zero-order valence-electron chi connectivity index (χ0n) is 11.9. The van der Waals surface area contributed by atoms with Gasteiger partial charge >= 0.3 is 0 Å². The van der Waals surface area contributed by atoms with Gasteiger partial charge in [-0.2, -0.15) is 0 Å². The number of fused-ring (bicyclic) bond motifs is 1. The Labute approximate surface area is 111 Å². The van der Waals surface area contributed by atoms with Gasteiger partial charge in [-0.25, -0.2) is 0 Å². The van der Waals surface area contributed by atoms with Crippen LogP contribution in [0.15, 0.2) is 12.2 Å². The summed E-state index contributed by atoms with van der Waals surface area (Å²) in [5.74, 6) is 2.75. The summed E-state index contributed by atoms with van der Waals surface area (Å²) in [7, 11) is 0. The second kappa shape index (κ2) is 4.64. The average Bonchev–Trinajstić information content (AvgIpc) is 3.03. The van der Waals surface area contributed by atoms with Crippen molar-refractivity contribution in [3.05, 3.63) is 12.2 Å². The molecule has 0 aromatic rings. The highest BCUT2D eigenvalue weighted by Crippen LogP contribution is 2.67. The number of rotatable bonds is 3. The van der Waals surface area contributed by atoms with Gasteiger partial charge in [0.2, 0.25) is 0 Å². The lowest BCUT2D eigenvalue weighted by Gasteiger charge is -2.36. The van der Waals surface area contributed by atoms with Crippen LogP contribution in [0.1, 0.15) is 52.4 Å². The van der Waals surface area contributed by atoms with Gasteiger partial charge in [-0.05, 0) is 68.6 Å². The number of nitrogens with two attached hydrogens (primary N) is 1. The van der Waals surface area contributed by atoms with E-state index in [-0.39, 0.29) is 6.17 Å². The molecule has 18 heavy (non-hydrogen) atoms. The third-order valence-electron chi connectivity index (χ3n) is 5.61. The molecule has 0 bridgehead atoms. The van der Waals surface area contributed by atoms with Crippen LogP contribution in [-0.4, -0.2) is 12.2 Å². The predicted octanol–water partition coefficient (Wildman–Crippen LogP) is 3.04. The van der Waals surface area contributed by atoms with Gasteiger partial charge in [0.05, 0.1) is 6.17 Å². The maximum absolute atomic E-state index is 5.85. The van der Waals surface area contributed by atoms with Crippen molar-refractivity contribution < 1.29 is 0 Å². The van der Waals surface area contributed by atoms with Crippen LogP contribution in [0, 0.1) is 23.2 Å². The van der Waals surface area contributed by atoms with E-state index in [4.69, 9.17) is 5.73 Å². The second-order valence-electron chi connectivity index (χ2n) is 7.17. The molecule has 6 atom stereocenters. The molecule has 102 valence electrons. The molecule has 3 N–H and O–H groups in total. The van der Waals surface area contributed by atoms with Gasteiger partial charge < -0.3 is 5.73 Å².